The van der Waals surface area contributed by atoms with Gasteiger partial charge in [0.25, 0.3) is 0 Å². The highest BCUT2D eigenvalue weighted by molar-refractivity contribution is 5.75. The second-order valence-electron chi connectivity index (χ2n) is 6.31. The number of nitrogens with two attached hydrogens (primary N) is 1. The highest BCUT2D eigenvalue weighted by Gasteiger charge is 2.22. The van der Waals surface area contributed by atoms with Crippen LogP contribution in [0.15, 0.2) is 0 Å². The van der Waals surface area contributed by atoms with Crippen molar-refractivity contribution in [3.8, 4) is 0 Å². The Balaban J connectivity index is 2.26. The Morgan fingerprint density at radius 1 is 1.35 bits per heavy atom. The van der Waals surface area contributed by atoms with Gasteiger partial charge in [-0.2, -0.15) is 0 Å². The normalized spacial score (nSPS) is 17.4. The molecule has 0 spiro atoms. The molecule has 3 nitrogen and oxygen atoms in total. The minimum atomic E-state index is 0.0256. The molecule has 0 saturated heterocycles. The SMILES string of the molecule is CN(CC(C)(C)CN)C(=O)CCC1CCCC1. The third-order valence-corrected chi connectivity index (χ3v) is 3.88. The molecule has 1 saturated carbocycles. The lowest BCUT2D eigenvalue weighted by molar-refractivity contribution is -0.131. The Bertz CT molecular complexity index is 245. The van der Waals surface area contributed by atoms with Crippen molar-refractivity contribution in [1.29, 1.82) is 0 Å². The van der Waals surface area contributed by atoms with Gasteiger partial charge in [-0.25, -0.2) is 0 Å². The third kappa shape index (κ3) is 5.07. The summed E-state index contributed by atoms with van der Waals surface area (Å²) in [5.74, 6) is 1.08. The summed E-state index contributed by atoms with van der Waals surface area (Å²) >= 11 is 0. The second kappa shape index (κ2) is 6.39. The fraction of sp³-hybridized carbons (Fsp3) is 0.929. The molecule has 0 aromatic rings. The fourth-order valence-electron chi connectivity index (χ4n) is 2.61. The molecule has 1 fully saturated rings. The Kier molecular flexibility index (Phi) is 5.44. The van der Waals surface area contributed by atoms with Crippen LogP contribution < -0.4 is 5.73 Å². The Labute approximate surface area is 106 Å². The van der Waals surface area contributed by atoms with Crippen LogP contribution in [0.25, 0.3) is 0 Å². The summed E-state index contributed by atoms with van der Waals surface area (Å²) < 4.78 is 0. The van der Waals surface area contributed by atoms with Crippen LogP contribution in [0.2, 0.25) is 0 Å². The standard InChI is InChI=1S/C14H28N2O/c1-14(2,10-15)11-16(3)13(17)9-8-12-6-4-5-7-12/h12H,4-11,15H2,1-3H3. The van der Waals surface area contributed by atoms with Crippen LogP contribution in [0.4, 0.5) is 0 Å². The number of amides is 1. The van der Waals surface area contributed by atoms with Gasteiger partial charge in [0.15, 0.2) is 0 Å². The molecule has 2 N–H and O–H groups in total. The Morgan fingerprint density at radius 3 is 2.47 bits per heavy atom. The van der Waals surface area contributed by atoms with Gasteiger partial charge in [0.1, 0.15) is 0 Å². The number of hydrogen-bond acceptors (Lipinski definition) is 2. The van der Waals surface area contributed by atoms with E-state index in [0.717, 1.165) is 18.9 Å². The van der Waals surface area contributed by atoms with Crippen LogP contribution in [-0.4, -0.2) is 30.9 Å². The molecule has 0 aliphatic heterocycles. The van der Waals surface area contributed by atoms with Crippen molar-refractivity contribution >= 4 is 5.91 Å². The quantitative estimate of drug-likeness (QED) is 0.775. The minimum Gasteiger partial charge on any atom is -0.345 e. The molecule has 0 radical (unpaired) electrons. The van der Waals surface area contributed by atoms with Crippen molar-refractivity contribution in [3.63, 3.8) is 0 Å². The highest BCUT2D eigenvalue weighted by Crippen LogP contribution is 2.28. The summed E-state index contributed by atoms with van der Waals surface area (Å²) in [6, 6.07) is 0. The van der Waals surface area contributed by atoms with E-state index >= 15 is 0 Å². The fourth-order valence-corrected chi connectivity index (χ4v) is 2.61. The zero-order valence-electron chi connectivity index (χ0n) is 11.7. The smallest absolute Gasteiger partial charge is 0.222 e. The van der Waals surface area contributed by atoms with Crippen molar-refractivity contribution in [1.82, 2.24) is 4.90 Å². The van der Waals surface area contributed by atoms with Crippen LogP contribution in [-0.2, 0) is 4.79 Å². The largest absolute Gasteiger partial charge is 0.345 e. The average molecular weight is 240 g/mol. The van der Waals surface area contributed by atoms with E-state index < -0.39 is 0 Å². The van der Waals surface area contributed by atoms with Gasteiger partial charge in [-0.3, -0.25) is 4.79 Å². The van der Waals surface area contributed by atoms with Crippen molar-refractivity contribution < 1.29 is 4.79 Å². The van der Waals surface area contributed by atoms with E-state index in [4.69, 9.17) is 5.73 Å². The highest BCUT2D eigenvalue weighted by atomic mass is 16.2. The van der Waals surface area contributed by atoms with Gasteiger partial charge in [0.05, 0.1) is 0 Å². The van der Waals surface area contributed by atoms with Crippen molar-refractivity contribution in [2.75, 3.05) is 20.1 Å². The topological polar surface area (TPSA) is 46.3 Å². The van der Waals surface area contributed by atoms with Gasteiger partial charge in [-0.15, -0.1) is 0 Å². The first-order chi connectivity index (χ1) is 7.94. The lowest BCUT2D eigenvalue weighted by atomic mass is 9.93. The first kappa shape index (κ1) is 14.5. The molecule has 100 valence electrons. The maximum atomic E-state index is 12.0. The molecule has 0 aromatic heterocycles. The molecule has 1 aliphatic rings. The molecular weight excluding hydrogens is 212 g/mol. The second-order valence-corrected chi connectivity index (χ2v) is 6.31. The summed E-state index contributed by atoms with van der Waals surface area (Å²) in [6.45, 7) is 5.59. The molecule has 0 heterocycles. The summed E-state index contributed by atoms with van der Waals surface area (Å²) in [5.41, 5.74) is 5.72. The van der Waals surface area contributed by atoms with Crippen molar-refractivity contribution in [2.45, 2.75) is 52.4 Å². The summed E-state index contributed by atoms with van der Waals surface area (Å²) in [5, 5.41) is 0. The molecule has 1 rings (SSSR count). The predicted molar refractivity (Wildman–Crippen MR) is 71.7 cm³/mol. The van der Waals surface area contributed by atoms with E-state index in [2.05, 4.69) is 13.8 Å². The summed E-state index contributed by atoms with van der Waals surface area (Å²) in [7, 11) is 1.90. The number of rotatable bonds is 6. The summed E-state index contributed by atoms with van der Waals surface area (Å²) in [6.07, 6.45) is 7.15. The minimum absolute atomic E-state index is 0.0256. The predicted octanol–water partition coefficient (Wildman–Crippen LogP) is 2.40. The molecule has 3 heteroatoms. The maximum Gasteiger partial charge on any atom is 0.222 e. The number of carbonyl (C=O) groups excluding carboxylic acids is 1. The zero-order valence-corrected chi connectivity index (χ0v) is 11.7. The van der Waals surface area contributed by atoms with Crippen LogP contribution in [0, 0.1) is 11.3 Å². The molecule has 0 unspecified atom stereocenters. The van der Waals surface area contributed by atoms with Gasteiger partial charge in [0.2, 0.25) is 5.91 Å². The van der Waals surface area contributed by atoms with Crippen molar-refractivity contribution in [3.05, 3.63) is 0 Å². The maximum absolute atomic E-state index is 12.0. The monoisotopic (exact) mass is 240 g/mol. The molecule has 17 heavy (non-hydrogen) atoms. The average Bonchev–Trinajstić information content (AvgIpc) is 2.78. The lowest BCUT2D eigenvalue weighted by Crippen LogP contribution is -2.39. The number of nitrogens with zero attached hydrogens (tertiary/aromatic N) is 1. The van der Waals surface area contributed by atoms with E-state index in [1.165, 1.54) is 25.7 Å². The van der Waals surface area contributed by atoms with Crippen LogP contribution in [0.3, 0.4) is 0 Å². The van der Waals surface area contributed by atoms with Gasteiger partial charge in [-0.1, -0.05) is 39.5 Å². The van der Waals surface area contributed by atoms with Crippen molar-refractivity contribution in [2.24, 2.45) is 17.1 Å². The molecule has 1 aliphatic carbocycles. The summed E-state index contributed by atoms with van der Waals surface area (Å²) in [4.78, 5) is 13.8. The Morgan fingerprint density at radius 2 is 1.94 bits per heavy atom. The molecule has 1 amide bonds. The number of hydrogen-bond donors (Lipinski definition) is 1. The lowest BCUT2D eigenvalue weighted by Gasteiger charge is -2.29. The van der Waals surface area contributed by atoms with E-state index in [1.807, 2.05) is 11.9 Å². The van der Waals surface area contributed by atoms with E-state index in [1.54, 1.807) is 0 Å². The van der Waals surface area contributed by atoms with Crippen LogP contribution in [0.1, 0.15) is 52.4 Å². The third-order valence-electron chi connectivity index (χ3n) is 3.88. The van der Waals surface area contributed by atoms with Gasteiger partial charge in [-0.05, 0) is 24.3 Å². The zero-order chi connectivity index (χ0) is 12.9. The molecule has 0 aromatic carbocycles. The van der Waals surface area contributed by atoms with Crippen LogP contribution in [0.5, 0.6) is 0 Å². The van der Waals surface area contributed by atoms with Gasteiger partial charge >= 0.3 is 0 Å². The van der Waals surface area contributed by atoms with E-state index in [0.29, 0.717) is 13.0 Å². The van der Waals surface area contributed by atoms with Gasteiger partial charge < -0.3 is 10.6 Å². The first-order valence-corrected chi connectivity index (χ1v) is 6.88. The molecule has 0 bridgehead atoms. The first-order valence-electron chi connectivity index (χ1n) is 6.88. The van der Waals surface area contributed by atoms with Crippen LogP contribution >= 0.6 is 0 Å². The number of carbonyl (C=O) groups is 1. The van der Waals surface area contributed by atoms with E-state index in [9.17, 15) is 4.79 Å². The van der Waals surface area contributed by atoms with E-state index in [-0.39, 0.29) is 11.3 Å². The molecular formula is C14H28N2O. The molecule has 0 atom stereocenters. The Hall–Kier alpha value is -0.570. The van der Waals surface area contributed by atoms with Gasteiger partial charge in [0, 0.05) is 20.0 Å².